The lowest BCUT2D eigenvalue weighted by atomic mass is 10.0. The van der Waals surface area contributed by atoms with E-state index in [1.54, 1.807) is 7.11 Å². The molecule has 0 aromatic heterocycles. The Kier molecular flexibility index (Phi) is 4.88. The molecule has 0 heterocycles. The second kappa shape index (κ2) is 6.19. The first-order valence-electron chi connectivity index (χ1n) is 5.46. The predicted molar refractivity (Wildman–Crippen MR) is 67.6 cm³/mol. The molecule has 86 valence electrons. The zero-order chi connectivity index (χ0) is 12.0. The van der Waals surface area contributed by atoms with Gasteiger partial charge in [0.2, 0.25) is 0 Å². The third kappa shape index (κ3) is 3.29. The van der Waals surface area contributed by atoms with E-state index < -0.39 is 0 Å². The minimum absolute atomic E-state index is 0.246. The molecule has 0 radical (unpaired) electrons. The van der Waals surface area contributed by atoms with Crippen LogP contribution in [0.5, 0.6) is 5.75 Å². The van der Waals surface area contributed by atoms with Gasteiger partial charge >= 0.3 is 0 Å². The van der Waals surface area contributed by atoms with Crippen molar-refractivity contribution in [1.82, 2.24) is 5.32 Å². The highest BCUT2D eigenvalue weighted by Crippen LogP contribution is 2.25. The monoisotopic (exact) mass is 217 g/mol. The summed E-state index contributed by atoms with van der Waals surface area (Å²) in [6, 6.07) is 6.46. The van der Waals surface area contributed by atoms with E-state index >= 15 is 0 Å². The van der Waals surface area contributed by atoms with Gasteiger partial charge in [0.25, 0.3) is 0 Å². The van der Waals surface area contributed by atoms with Gasteiger partial charge in [-0.05, 0) is 26.8 Å². The predicted octanol–water partition coefficient (Wildman–Crippen LogP) is 2.68. The molecule has 2 nitrogen and oxygen atoms in total. The van der Waals surface area contributed by atoms with E-state index in [1.807, 2.05) is 13.0 Å². The van der Waals surface area contributed by atoms with Gasteiger partial charge in [-0.25, -0.2) is 0 Å². The zero-order valence-corrected chi connectivity index (χ0v) is 10.4. The largest absolute Gasteiger partial charge is 0.496 e. The minimum Gasteiger partial charge on any atom is -0.496 e. The summed E-state index contributed by atoms with van der Waals surface area (Å²) in [6.07, 6.45) is 0. The van der Waals surface area contributed by atoms with Gasteiger partial charge in [-0.15, -0.1) is 5.92 Å². The molecule has 1 aromatic rings. The van der Waals surface area contributed by atoms with Crippen LogP contribution in [0.1, 0.15) is 31.0 Å². The van der Waals surface area contributed by atoms with Crippen molar-refractivity contribution in [3.05, 3.63) is 29.3 Å². The van der Waals surface area contributed by atoms with Crippen LogP contribution in [-0.2, 0) is 0 Å². The summed E-state index contributed by atoms with van der Waals surface area (Å²) in [6.45, 7) is 6.75. The van der Waals surface area contributed by atoms with Gasteiger partial charge < -0.3 is 4.74 Å². The fourth-order valence-corrected chi connectivity index (χ4v) is 1.59. The van der Waals surface area contributed by atoms with Crippen molar-refractivity contribution in [3.63, 3.8) is 0 Å². The number of ether oxygens (including phenoxy) is 1. The summed E-state index contributed by atoms with van der Waals surface area (Å²) in [5, 5.41) is 3.35. The number of nitrogens with one attached hydrogen (secondary N) is 1. The number of hydrogen-bond acceptors (Lipinski definition) is 2. The van der Waals surface area contributed by atoms with Crippen LogP contribution >= 0.6 is 0 Å². The Hall–Kier alpha value is -1.46. The zero-order valence-electron chi connectivity index (χ0n) is 10.4. The lowest BCUT2D eigenvalue weighted by Gasteiger charge is -2.16. The normalized spacial score (nSPS) is 11.5. The number of methoxy groups -OCH3 is 1. The molecule has 1 aromatic carbocycles. The van der Waals surface area contributed by atoms with Gasteiger partial charge in [-0.3, -0.25) is 5.32 Å². The van der Waals surface area contributed by atoms with Crippen LogP contribution < -0.4 is 10.1 Å². The van der Waals surface area contributed by atoms with Gasteiger partial charge in [-0.1, -0.05) is 23.6 Å². The number of rotatable bonds is 4. The van der Waals surface area contributed by atoms with Gasteiger partial charge in [-0.2, -0.15) is 0 Å². The molecule has 1 atom stereocenters. The van der Waals surface area contributed by atoms with Gasteiger partial charge in [0, 0.05) is 11.6 Å². The highest BCUT2D eigenvalue weighted by molar-refractivity contribution is 5.38. The topological polar surface area (TPSA) is 21.3 Å². The SMILES string of the molecule is CC#CCNC(C)c1cc(C)ccc1OC. The van der Waals surface area contributed by atoms with Crippen molar-refractivity contribution >= 4 is 0 Å². The van der Waals surface area contributed by atoms with Crippen molar-refractivity contribution in [2.24, 2.45) is 0 Å². The molecule has 0 saturated carbocycles. The Bertz CT molecular complexity index is 401. The standard InChI is InChI=1S/C14H19NO/c1-5-6-9-15-12(3)13-10-11(2)7-8-14(13)16-4/h7-8,10,12,15H,9H2,1-4H3. The quantitative estimate of drug-likeness (QED) is 0.783. The van der Waals surface area contributed by atoms with E-state index in [-0.39, 0.29) is 6.04 Å². The molecular weight excluding hydrogens is 198 g/mol. The van der Waals surface area contributed by atoms with Crippen molar-refractivity contribution < 1.29 is 4.74 Å². The molecule has 0 aliphatic rings. The third-order valence-corrected chi connectivity index (χ3v) is 2.53. The smallest absolute Gasteiger partial charge is 0.123 e. The van der Waals surface area contributed by atoms with Crippen LogP contribution in [0.15, 0.2) is 18.2 Å². The van der Waals surface area contributed by atoms with Crippen molar-refractivity contribution in [2.75, 3.05) is 13.7 Å². The summed E-state index contributed by atoms with van der Waals surface area (Å²) in [7, 11) is 1.70. The van der Waals surface area contributed by atoms with Crippen LogP contribution in [0.2, 0.25) is 0 Å². The van der Waals surface area contributed by atoms with E-state index in [1.165, 1.54) is 11.1 Å². The maximum absolute atomic E-state index is 5.35. The Morgan fingerprint density at radius 2 is 2.19 bits per heavy atom. The fourth-order valence-electron chi connectivity index (χ4n) is 1.59. The first kappa shape index (κ1) is 12.6. The molecule has 1 N–H and O–H groups in total. The summed E-state index contributed by atoms with van der Waals surface area (Å²) in [5.41, 5.74) is 2.42. The van der Waals surface area contributed by atoms with E-state index in [0.717, 1.165) is 5.75 Å². The second-order valence-corrected chi connectivity index (χ2v) is 3.77. The van der Waals surface area contributed by atoms with E-state index in [4.69, 9.17) is 4.74 Å². The molecule has 0 aliphatic heterocycles. The Balaban J connectivity index is 2.82. The lowest BCUT2D eigenvalue weighted by Crippen LogP contribution is -2.19. The first-order chi connectivity index (χ1) is 7.69. The molecule has 0 fully saturated rings. The first-order valence-corrected chi connectivity index (χ1v) is 5.46. The molecule has 0 amide bonds. The Morgan fingerprint density at radius 1 is 1.44 bits per heavy atom. The van der Waals surface area contributed by atoms with Crippen molar-refractivity contribution in [3.8, 4) is 17.6 Å². The summed E-state index contributed by atoms with van der Waals surface area (Å²) >= 11 is 0. The van der Waals surface area contributed by atoms with E-state index in [2.05, 4.69) is 43.1 Å². The lowest BCUT2D eigenvalue weighted by molar-refractivity contribution is 0.403. The average molecular weight is 217 g/mol. The molecule has 1 rings (SSSR count). The van der Waals surface area contributed by atoms with Crippen molar-refractivity contribution in [1.29, 1.82) is 0 Å². The molecule has 1 unspecified atom stereocenters. The average Bonchev–Trinajstić information content (AvgIpc) is 2.29. The highest BCUT2D eigenvalue weighted by atomic mass is 16.5. The molecule has 0 saturated heterocycles. The number of aryl methyl sites for hydroxylation is 1. The van der Waals surface area contributed by atoms with E-state index in [9.17, 15) is 0 Å². The maximum atomic E-state index is 5.35. The van der Waals surface area contributed by atoms with Crippen LogP contribution in [0.4, 0.5) is 0 Å². The van der Waals surface area contributed by atoms with Gasteiger partial charge in [0.05, 0.1) is 13.7 Å². The highest BCUT2D eigenvalue weighted by Gasteiger charge is 2.10. The minimum atomic E-state index is 0.246. The van der Waals surface area contributed by atoms with Crippen LogP contribution in [0.3, 0.4) is 0 Å². The maximum Gasteiger partial charge on any atom is 0.123 e. The number of hydrogen-bond donors (Lipinski definition) is 1. The van der Waals surface area contributed by atoms with E-state index in [0.29, 0.717) is 6.54 Å². The Labute approximate surface area is 98.0 Å². The molecule has 0 spiro atoms. The van der Waals surface area contributed by atoms with Crippen molar-refractivity contribution in [2.45, 2.75) is 26.8 Å². The van der Waals surface area contributed by atoms with Crippen LogP contribution in [-0.4, -0.2) is 13.7 Å². The fraction of sp³-hybridized carbons (Fsp3) is 0.429. The molecule has 0 aliphatic carbocycles. The number of benzene rings is 1. The summed E-state index contributed by atoms with van der Waals surface area (Å²) in [5.74, 6) is 6.80. The summed E-state index contributed by atoms with van der Waals surface area (Å²) in [4.78, 5) is 0. The second-order valence-electron chi connectivity index (χ2n) is 3.77. The molecule has 2 heteroatoms. The van der Waals surface area contributed by atoms with Gasteiger partial charge in [0.15, 0.2) is 0 Å². The molecule has 16 heavy (non-hydrogen) atoms. The third-order valence-electron chi connectivity index (χ3n) is 2.53. The molecule has 0 bridgehead atoms. The van der Waals surface area contributed by atoms with Gasteiger partial charge in [0.1, 0.15) is 5.75 Å². The van der Waals surface area contributed by atoms with Crippen LogP contribution in [0.25, 0.3) is 0 Å². The Morgan fingerprint density at radius 3 is 2.81 bits per heavy atom. The molecular formula is C14H19NO. The van der Waals surface area contributed by atoms with Crippen LogP contribution in [0, 0.1) is 18.8 Å². The summed E-state index contributed by atoms with van der Waals surface area (Å²) < 4.78 is 5.35.